The summed E-state index contributed by atoms with van der Waals surface area (Å²) < 4.78 is 36.1. The Kier molecular flexibility index (Phi) is 11.8. The van der Waals surface area contributed by atoms with Gasteiger partial charge >= 0.3 is 0 Å². The lowest BCUT2D eigenvalue weighted by molar-refractivity contribution is 0.325. The van der Waals surface area contributed by atoms with E-state index < -0.39 is 63.1 Å². The first-order valence-electron chi connectivity index (χ1n) is 8.65. The fourth-order valence-corrected chi connectivity index (χ4v) is 22.8. The molecule has 0 aliphatic heterocycles. The van der Waals surface area contributed by atoms with Crippen molar-refractivity contribution in [1.82, 2.24) is 0 Å². The van der Waals surface area contributed by atoms with Crippen LogP contribution in [0.4, 0.5) is 0 Å². The van der Waals surface area contributed by atoms with Gasteiger partial charge in [-0.15, -0.1) is 0 Å². The van der Waals surface area contributed by atoms with Gasteiger partial charge in [-0.1, -0.05) is 0 Å². The molecule has 0 saturated carbocycles. The lowest BCUT2D eigenvalue weighted by atomic mass is 11.8. The van der Waals surface area contributed by atoms with Crippen LogP contribution in [-0.4, -0.2) is 63.1 Å². The molecule has 0 aliphatic rings. The highest BCUT2D eigenvalue weighted by Crippen LogP contribution is 2.09. The fraction of sp³-hybridized carbons (Fsp3) is 1.00. The summed E-state index contributed by atoms with van der Waals surface area (Å²) in [5, 5.41) is 0. The largest absolute Gasteiger partial charge is 0.439 e. The quantitative estimate of drug-likeness (QED) is 0.413. The van der Waals surface area contributed by atoms with Gasteiger partial charge in [0, 0.05) is 0 Å². The molecule has 13 heteroatoms. The Labute approximate surface area is 159 Å². The van der Waals surface area contributed by atoms with Crippen LogP contribution >= 0.6 is 0 Å². The molecule has 0 bridgehead atoms. The zero-order valence-electron chi connectivity index (χ0n) is 17.3. The van der Waals surface area contributed by atoms with Crippen molar-refractivity contribution in [2.45, 2.75) is 72.0 Å². The van der Waals surface area contributed by atoms with Crippen molar-refractivity contribution in [1.29, 1.82) is 0 Å². The van der Waals surface area contributed by atoms with Crippen LogP contribution in [0.5, 0.6) is 0 Å². The summed E-state index contributed by atoms with van der Waals surface area (Å²) in [5.41, 5.74) is 0. The summed E-state index contributed by atoms with van der Waals surface area (Å²) in [6.45, 7) is 23.5. The molecule has 6 nitrogen and oxygen atoms in total. The summed E-state index contributed by atoms with van der Waals surface area (Å²) in [5.74, 6) is 0. The van der Waals surface area contributed by atoms with Crippen LogP contribution in [0.25, 0.3) is 0 Å². The van der Waals surface area contributed by atoms with Crippen molar-refractivity contribution in [3.05, 3.63) is 0 Å². The van der Waals surface area contributed by atoms with Crippen molar-refractivity contribution in [3.8, 4) is 0 Å². The lowest BCUT2D eigenvalue weighted by Gasteiger charge is -2.28. The third-order valence-corrected chi connectivity index (χ3v) is 23.1. The van der Waals surface area contributed by atoms with Gasteiger partial charge < -0.3 is 24.7 Å². The molecule has 146 valence electrons. The van der Waals surface area contributed by atoms with E-state index in [0.717, 1.165) is 0 Å². The summed E-state index contributed by atoms with van der Waals surface area (Å²) in [6, 6.07) is 0. The minimum absolute atomic E-state index is 1.53. The maximum atomic E-state index is 6.03. The molecular formula is C11H38O6Si7. The van der Waals surface area contributed by atoms with Gasteiger partial charge in [0.25, 0.3) is 46.4 Å². The summed E-state index contributed by atoms with van der Waals surface area (Å²) >= 11 is 0. The topological polar surface area (TPSA) is 55.4 Å². The molecule has 0 N–H and O–H groups in total. The normalized spacial score (nSPS) is 19.6. The van der Waals surface area contributed by atoms with Crippen LogP contribution in [0.1, 0.15) is 0 Å². The molecular weight excluding hydrogens is 425 g/mol. The first-order valence-corrected chi connectivity index (χ1v) is 26.0. The zero-order chi connectivity index (χ0) is 19.1. The molecule has 4 unspecified atom stereocenters. The predicted molar refractivity (Wildman–Crippen MR) is 118 cm³/mol. The zero-order valence-corrected chi connectivity index (χ0v) is 25.1. The lowest BCUT2D eigenvalue weighted by Crippen LogP contribution is -2.43. The van der Waals surface area contributed by atoms with Gasteiger partial charge in [0.2, 0.25) is 0 Å². The third-order valence-electron chi connectivity index (χ3n) is 2.57. The highest BCUT2D eigenvalue weighted by molar-refractivity contribution is 6.78. The Morgan fingerprint density at radius 1 is 0.417 bits per heavy atom. The van der Waals surface area contributed by atoms with Gasteiger partial charge in [-0.3, -0.25) is 0 Å². The van der Waals surface area contributed by atoms with E-state index >= 15 is 0 Å². The maximum Gasteiger partial charge on any atom is 0.300 e. The molecule has 0 fully saturated rings. The van der Waals surface area contributed by atoms with E-state index in [-0.39, 0.29) is 0 Å². The van der Waals surface area contributed by atoms with Crippen molar-refractivity contribution in [2.75, 3.05) is 0 Å². The van der Waals surface area contributed by atoms with E-state index in [1.807, 2.05) is 0 Å². The van der Waals surface area contributed by atoms with Gasteiger partial charge in [-0.2, -0.15) is 0 Å². The number of rotatable bonds is 12. The molecule has 4 atom stereocenters. The predicted octanol–water partition coefficient (Wildman–Crippen LogP) is 2.01. The molecule has 0 amide bonds. The van der Waals surface area contributed by atoms with Crippen LogP contribution in [0.15, 0.2) is 0 Å². The molecule has 24 heavy (non-hydrogen) atoms. The monoisotopic (exact) mass is 462 g/mol. The van der Waals surface area contributed by atoms with Crippen LogP contribution in [0.3, 0.4) is 0 Å². The second-order valence-corrected chi connectivity index (χ2v) is 28.2. The van der Waals surface area contributed by atoms with Crippen molar-refractivity contribution in [2.24, 2.45) is 0 Å². The minimum Gasteiger partial charge on any atom is -0.439 e. The average molecular weight is 463 g/mol. The van der Waals surface area contributed by atoms with Crippen molar-refractivity contribution < 1.29 is 24.7 Å². The maximum absolute atomic E-state index is 6.03. The fourth-order valence-electron chi connectivity index (χ4n) is 2.23. The summed E-state index contributed by atoms with van der Waals surface area (Å²) in [4.78, 5) is 0. The SMILES string of the molecule is C[SiH](O[SiH](C)O[SiH](C)O[Si](C)(C)C)O[SiH](C)O[SiH](C)O[Si](C)(C)C. The molecule has 0 spiro atoms. The van der Waals surface area contributed by atoms with E-state index in [1.165, 1.54) is 0 Å². The van der Waals surface area contributed by atoms with Gasteiger partial charge in [0.15, 0.2) is 16.6 Å². The molecule has 0 radical (unpaired) electrons. The Bertz CT molecular complexity index is 319. The highest BCUT2D eigenvalue weighted by atomic mass is 28.5. The standard InChI is InChI=1S/C11H38O6Si7/c1-18(12-19(2)14-21(4)16-23(6,7)8)13-20(3)15-22(5)17-24(9,10)11/h18-22H,1-11H3. The summed E-state index contributed by atoms with van der Waals surface area (Å²) in [6.07, 6.45) is 0. The molecule has 0 aromatic rings. The van der Waals surface area contributed by atoms with Crippen molar-refractivity contribution >= 4 is 63.1 Å². The highest BCUT2D eigenvalue weighted by Gasteiger charge is 2.26. The Balaban J connectivity index is 4.12. The minimum atomic E-state index is -1.71. The van der Waals surface area contributed by atoms with Crippen LogP contribution < -0.4 is 0 Å². The van der Waals surface area contributed by atoms with Crippen LogP contribution in [0, 0.1) is 0 Å². The Morgan fingerprint density at radius 3 is 0.833 bits per heavy atom. The van der Waals surface area contributed by atoms with E-state index in [4.69, 9.17) is 24.7 Å². The third kappa shape index (κ3) is 15.5. The first kappa shape index (κ1) is 25.3. The molecule has 0 aromatic carbocycles. The Hall–Kier alpha value is 1.28. The van der Waals surface area contributed by atoms with Crippen LogP contribution in [0.2, 0.25) is 72.0 Å². The Morgan fingerprint density at radius 2 is 0.625 bits per heavy atom. The average Bonchev–Trinajstić information content (AvgIpc) is 2.20. The number of hydrogen-bond acceptors (Lipinski definition) is 6. The second kappa shape index (κ2) is 11.2. The molecule has 0 aromatic heterocycles. The molecule has 0 saturated heterocycles. The van der Waals surface area contributed by atoms with E-state index in [2.05, 4.69) is 72.0 Å². The summed E-state index contributed by atoms with van der Waals surface area (Å²) in [7, 11) is -11.3. The van der Waals surface area contributed by atoms with E-state index in [1.54, 1.807) is 0 Å². The molecule has 0 heterocycles. The second-order valence-electron chi connectivity index (χ2n) is 7.84. The van der Waals surface area contributed by atoms with Gasteiger partial charge in [-0.25, -0.2) is 0 Å². The van der Waals surface area contributed by atoms with Gasteiger partial charge in [0.1, 0.15) is 0 Å². The van der Waals surface area contributed by atoms with Gasteiger partial charge in [0.05, 0.1) is 0 Å². The van der Waals surface area contributed by atoms with Crippen LogP contribution in [-0.2, 0) is 24.7 Å². The number of hydrogen-bond donors (Lipinski definition) is 0. The molecule has 0 rings (SSSR count). The first-order chi connectivity index (χ1) is 10.7. The van der Waals surface area contributed by atoms with E-state index in [9.17, 15) is 0 Å². The molecule has 0 aliphatic carbocycles. The van der Waals surface area contributed by atoms with E-state index in [0.29, 0.717) is 0 Å². The van der Waals surface area contributed by atoms with Crippen molar-refractivity contribution in [3.63, 3.8) is 0 Å². The van der Waals surface area contributed by atoms with Gasteiger partial charge in [-0.05, 0) is 72.0 Å². The smallest absolute Gasteiger partial charge is 0.300 e.